The van der Waals surface area contributed by atoms with Crippen LogP contribution in [-0.2, 0) is 10.0 Å². The van der Waals surface area contributed by atoms with Crippen LogP contribution in [0.15, 0.2) is 32.0 Å². The van der Waals surface area contributed by atoms with E-state index in [4.69, 9.17) is 5.11 Å². The molecule has 0 saturated heterocycles. The second-order valence-corrected chi connectivity index (χ2v) is 6.94. The van der Waals surface area contributed by atoms with Crippen molar-refractivity contribution in [3.63, 3.8) is 0 Å². The average molecular weight is 387 g/mol. The van der Waals surface area contributed by atoms with Crippen LogP contribution in [0.5, 0.6) is 0 Å². The van der Waals surface area contributed by atoms with E-state index >= 15 is 0 Å². The van der Waals surface area contributed by atoms with Gasteiger partial charge in [-0.05, 0) is 40.5 Å². The normalized spacial score (nSPS) is 13.6. The number of nitrogens with one attached hydrogen (secondary N) is 1. The van der Waals surface area contributed by atoms with Crippen LogP contribution in [0.1, 0.15) is 13.3 Å². The Kier molecular flexibility index (Phi) is 5.59. The fraction of sp³-hybridized carbons (Fsp3) is 0.400. The Bertz CT molecular complexity index is 486. The molecular weight excluding hydrogens is 374 g/mol. The summed E-state index contributed by atoms with van der Waals surface area (Å²) in [4.78, 5) is 0.152. The van der Waals surface area contributed by atoms with Crippen LogP contribution in [0.4, 0.5) is 0 Å². The molecule has 1 aromatic carbocycles. The van der Waals surface area contributed by atoms with E-state index in [2.05, 4.69) is 36.6 Å². The Morgan fingerprint density at radius 3 is 2.59 bits per heavy atom. The Balaban J connectivity index is 3.09. The van der Waals surface area contributed by atoms with E-state index in [1.165, 1.54) is 6.07 Å². The first-order valence-electron chi connectivity index (χ1n) is 4.99. The van der Waals surface area contributed by atoms with E-state index in [1.807, 2.05) is 0 Å². The number of halogens is 2. The van der Waals surface area contributed by atoms with E-state index in [0.717, 1.165) is 0 Å². The quantitative estimate of drug-likeness (QED) is 0.815. The number of sulfonamides is 1. The molecule has 96 valence electrons. The first-order valence-corrected chi connectivity index (χ1v) is 8.06. The van der Waals surface area contributed by atoms with Gasteiger partial charge in [0.25, 0.3) is 0 Å². The van der Waals surface area contributed by atoms with E-state index < -0.39 is 16.1 Å². The lowest BCUT2D eigenvalue weighted by Crippen LogP contribution is -2.37. The maximum absolute atomic E-state index is 12.1. The number of benzene rings is 1. The van der Waals surface area contributed by atoms with Crippen LogP contribution < -0.4 is 4.72 Å². The smallest absolute Gasteiger partial charge is 0.242 e. The predicted molar refractivity (Wildman–Crippen MR) is 73.3 cm³/mol. The van der Waals surface area contributed by atoms with Gasteiger partial charge in [0.05, 0.1) is 11.5 Å². The Morgan fingerprint density at radius 1 is 1.41 bits per heavy atom. The minimum absolute atomic E-state index is 0.152. The van der Waals surface area contributed by atoms with Crippen LogP contribution in [-0.4, -0.2) is 26.2 Å². The van der Waals surface area contributed by atoms with Crippen molar-refractivity contribution >= 4 is 41.9 Å². The molecule has 0 aliphatic rings. The monoisotopic (exact) mass is 385 g/mol. The van der Waals surface area contributed by atoms with Crippen molar-refractivity contribution < 1.29 is 13.5 Å². The molecule has 0 saturated carbocycles. The highest BCUT2D eigenvalue weighted by Crippen LogP contribution is 2.25. The minimum Gasteiger partial charge on any atom is -0.395 e. The summed E-state index contributed by atoms with van der Waals surface area (Å²) >= 11 is 6.42. The Morgan fingerprint density at radius 2 is 2.06 bits per heavy atom. The van der Waals surface area contributed by atoms with Gasteiger partial charge in [0.1, 0.15) is 0 Å². The van der Waals surface area contributed by atoms with Crippen molar-refractivity contribution in [3.8, 4) is 0 Å². The van der Waals surface area contributed by atoms with E-state index in [-0.39, 0.29) is 11.5 Å². The first kappa shape index (κ1) is 15.1. The third-order valence-corrected chi connectivity index (χ3v) is 5.23. The Labute approximate surface area is 118 Å². The fourth-order valence-electron chi connectivity index (χ4n) is 1.22. The van der Waals surface area contributed by atoms with Crippen LogP contribution in [0.2, 0.25) is 0 Å². The van der Waals surface area contributed by atoms with Crippen LogP contribution in [0, 0.1) is 0 Å². The molecule has 0 bridgehead atoms. The summed E-state index contributed by atoms with van der Waals surface area (Å²) in [7, 11) is -3.62. The number of rotatable bonds is 5. The second-order valence-electron chi connectivity index (χ2n) is 3.48. The van der Waals surface area contributed by atoms with Crippen LogP contribution in [0.3, 0.4) is 0 Å². The maximum atomic E-state index is 12.1. The summed E-state index contributed by atoms with van der Waals surface area (Å²) in [5.74, 6) is 0. The second kappa shape index (κ2) is 6.29. The summed E-state index contributed by atoms with van der Waals surface area (Å²) in [5, 5.41) is 9.01. The molecule has 1 rings (SSSR count). The zero-order chi connectivity index (χ0) is 13.1. The van der Waals surface area contributed by atoms with Crippen molar-refractivity contribution in [2.45, 2.75) is 24.3 Å². The molecule has 1 aromatic rings. The number of hydrogen-bond acceptors (Lipinski definition) is 3. The van der Waals surface area contributed by atoms with E-state index in [1.54, 1.807) is 19.1 Å². The first-order chi connectivity index (χ1) is 7.90. The average Bonchev–Trinajstić information content (AvgIpc) is 2.29. The number of aliphatic hydroxyl groups is 1. The van der Waals surface area contributed by atoms with Crippen molar-refractivity contribution in [2.75, 3.05) is 6.61 Å². The fourth-order valence-corrected chi connectivity index (χ4v) is 4.03. The van der Waals surface area contributed by atoms with Gasteiger partial charge in [-0.15, -0.1) is 0 Å². The van der Waals surface area contributed by atoms with Gasteiger partial charge in [-0.25, -0.2) is 13.1 Å². The third-order valence-electron chi connectivity index (χ3n) is 2.22. The lowest BCUT2D eigenvalue weighted by molar-refractivity contribution is 0.254. The standard InChI is InChI=1S/C10H13Br2NO3S/c1-2-8(6-14)13-17(15,16)10-5-7(11)3-4-9(10)12/h3-5,8,13-14H,2,6H2,1H3/t8-/m0/s1. The van der Waals surface area contributed by atoms with Crippen LogP contribution in [0.25, 0.3) is 0 Å². The molecular formula is C10H13Br2NO3S. The summed E-state index contributed by atoms with van der Waals surface area (Å²) in [6, 6.07) is 4.44. The van der Waals surface area contributed by atoms with Gasteiger partial charge in [0.2, 0.25) is 10.0 Å². The molecule has 4 nitrogen and oxygen atoms in total. The SMILES string of the molecule is CC[C@@H](CO)NS(=O)(=O)c1cc(Br)ccc1Br. The van der Waals surface area contributed by atoms with Gasteiger partial charge in [0.15, 0.2) is 0 Å². The van der Waals surface area contributed by atoms with E-state index in [9.17, 15) is 8.42 Å². The molecule has 0 radical (unpaired) electrons. The summed E-state index contributed by atoms with van der Waals surface area (Å²) in [6.45, 7) is 1.58. The molecule has 7 heteroatoms. The summed E-state index contributed by atoms with van der Waals surface area (Å²) in [6.07, 6.45) is 0.529. The molecule has 0 aliphatic carbocycles. The van der Waals surface area contributed by atoms with Gasteiger partial charge in [0, 0.05) is 15.0 Å². The van der Waals surface area contributed by atoms with Crippen molar-refractivity contribution in [1.29, 1.82) is 0 Å². The van der Waals surface area contributed by atoms with Crippen LogP contribution >= 0.6 is 31.9 Å². The molecule has 0 aromatic heterocycles. The largest absolute Gasteiger partial charge is 0.395 e. The molecule has 0 aliphatic heterocycles. The number of hydrogen-bond donors (Lipinski definition) is 2. The minimum atomic E-state index is -3.62. The highest BCUT2D eigenvalue weighted by molar-refractivity contribution is 9.11. The van der Waals surface area contributed by atoms with Gasteiger partial charge in [-0.1, -0.05) is 22.9 Å². The molecule has 0 amide bonds. The number of aliphatic hydroxyl groups excluding tert-OH is 1. The lowest BCUT2D eigenvalue weighted by Gasteiger charge is -2.15. The molecule has 2 N–H and O–H groups in total. The Hall–Kier alpha value is 0.0500. The highest BCUT2D eigenvalue weighted by atomic mass is 79.9. The zero-order valence-electron chi connectivity index (χ0n) is 9.15. The topological polar surface area (TPSA) is 66.4 Å². The predicted octanol–water partition coefficient (Wildman–Crippen LogP) is 2.26. The molecule has 0 unspecified atom stereocenters. The van der Waals surface area contributed by atoms with Crippen molar-refractivity contribution in [1.82, 2.24) is 4.72 Å². The molecule has 0 spiro atoms. The van der Waals surface area contributed by atoms with Gasteiger partial charge in [-0.3, -0.25) is 0 Å². The van der Waals surface area contributed by atoms with Crippen molar-refractivity contribution in [2.24, 2.45) is 0 Å². The molecule has 17 heavy (non-hydrogen) atoms. The van der Waals surface area contributed by atoms with E-state index in [0.29, 0.717) is 15.4 Å². The molecule has 0 fully saturated rings. The zero-order valence-corrected chi connectivity index (χ0v) is 13.1. The highest BCUT2D eigenvalue weighted by Gasteiger charge is 2.21. The maximum Gasteiger partial charge on any atom is 0.242 e. The van der Waals surface area contributed by atoms with Gasteiger partial charge < -0.3 is 5.11 Å². The van der Waals surface area contributed by atoms with Gasteiger partial charge in [-0.2, -0.15) is 0 Å². The van der Waals surface area contributed by atoms with Gasteiger partial charge >= 0.3 is 0 Å². The summed E-state index contributed by atoms with van der Waals surface area (Å²) in [5.41, 5.74) is 0. The molecule has 1 atom stereocenters. The molecule has 0 heterocycles. The van der Waals surface area contributed by atoms with Crippen molar-refractivity contribution in [3.05, 3.63) is 27.1 Å². The third kappa shape index (κ3) is 4.03. The summed E-state index contributed by atoms with van der Waals surface area (Å²) < 4.78 is 27.7. The lowest BCUT2D eigenvalue weighted by atomic mass is 10.3.